The van der Waals surface area contributed by atoms with Crippen LogP contribution in [0.15, 0.2) is 39.4 Å². The number of aromatic nitrogens is 3. The van der Waals surface area contributed by atoms with E-state index in [0.717, 1.165) is 60.2 Å². The zero-order valence-corrected chi connectivity index (χ0v) is 20.0. The van der Waals surface area contributed by atoms with Gasteiger partial charge in [-0.2, -0.15) is 4.98 Å². The highest BCUT2D eigenvalue weighted by molar-refractivity contribution is 5.65. The van der Waals surface area contributed by atoms with Gasteiger partial charge in [-0.15, -0.1) is 0 Å². The summed E-state index contributed by atoms with van der Waals surface area (Å²) in [5, 5.41) is 12.5. The quantitative estimate of drug-likeness (QED) is 0.459. The molecule has 174 valence electrons. The summed E-state index contributed by atoms with van der Waals surface area (Å²) in [7, 11) is 0. The van der Waals surface area contributed by atoms with Crippen LogP contribution in [0.1, 0.15) is 95.5 Å². The zero-order chi connectivity index (χ0) is 22.7. The maximum absolute atomic E-state index is 5.64. The van der Waals surface area contributed by atoms with Gasteiger partial charge in [0.15, 0.2) is 5.82 Å². The summed E-state index contributed by atoms with van der Waals surface area (Å²) in [6.45, 7) is 7.40. The van der Waals surface area contributed by atoms with Gasteiger partial charge in [0.2, 0.25) is 5.89 Å². The summed E-state index contributed by atoms with van der Waals surface area (Å²) in [5.74, 6) is 3.32. The average Bonchev–Trinajstić information content (AvgIpc) is 3.33. The van der Waals surface area contributed by atoms with Crippen LogP contribution in [0.2, 0.25) is 0 Å². The monoisotopic (exact) mass is 446 g/mol. The highest BCUT2D eigenvalue weighted by Crippen LogP contribution is 2.57. The smallest absolute Gasteiger partial charge is 0.232 e. The Hall–Kier alpha value is -2.63. The maximum atomic E-state index is 5.64. The number of anilines is 1. The van der Waals surface area contributed by atoms with Crippen LogP contribution in [0.25, 0.3) is 11.3 Å². The zero-order valence-electron chi connectivity index (χ0n) is 20.0. The fourth-order valence-electron chi connectivity index (χ4n) is 5.67. The van der Waals surface area contributed by atoms with Gasteiger partial charge in [-0.1, -0.05) is 43.2 Å². The van der Waals surface area contributed by atoms with Gasteiger partial charge in [0.05, 0.1) is 0 Å². The number of nitrogens with one attached hydrogen (secondary N) is 1. The Morgan fingerprint density at radius 3 is 2.39 bits per heavy atom. The minimum absolute atomic E-state index is 0.0983. The van der Waals surface area contributed by atoms with Crippen molar-refractivity contribution >= 4 is 5.69 Å². The van der Waals surface area contributed by atoms with Crippen LogP contribution in [0.3, 0.4) is 0 Å². The maximum Gasteiger partial charge on any atom is 0.232 e. The van der Waals surface area contributed by atoms with Gasteiger partial charge in [0.25, 0.3) is 0 Å². The minimum atomic E-state index is -0.0983. The Balaban J connectivity index is 1.11. The molecule has 1 aromatic carbocycles. The Labute approximate surface area is 195 Å². The molecular formula is C27H34N4O2. The van der Waals surface area contributed by atoms with Crippen molar-refractivity contribution in [1.82, 2.24) is 15.3 Å². The molecule has 6 heteroatoms. The van der Waals surface area contributed by atoms with Crippen LogP contribution in [0.4, 0.5) is 5.69 Å². The molecule has 4 aliphatic rings. The fraction of sp³-hybridized carbons (Fsp3) is 0.593. The highest BCUT2D eigenvalue weighted by Gasteiger charge is 2.51. The standard InChI is InChI=1S/C27H34N4O2/c1-25(2,3)24-29-23(31-33-24)27-12-9-26(10-13-27,11-14-27)17-28-20-6-4-5-19(15-20)21-16-22(32-30-21)18-7-8-18/h4-6,15-16,18,28H,7-14,17H2,1-3H3. The Morgan fingerprint density at radius 1 is 0.970 bits per heavy atom. The number of nitrogens with zero attached hydrogens (tertiary/aromatic N) is 3. The second kappa shape index (κ2) is 7.44. The van der Waals surface area contributed by atoms with Crippen molar-refractivity contribution in [3.8, 4) is 11.3 Å². The summed E-state index contributed by atoms with van der Waals surface area (Å²) < 4.78 is 11.2. The van der Waals surface area contributed by atoms with E-state index in [0.29, 0.717) is 11.3 Å². The summed E-state index contributed by atoms with van der Waals surface area (Å²) in [6, 6.07) is 10.7. The molecule has 0 amide bonds. The van der Waals surface area contributed by atoms with Gasteiger partial charge < -0.3 is 14.4 Å². The fourth-order valence-corrected chi connectivity index (χ4v) is 5.67. The molecule has 2 bridgehead atoms. The van der Waals surface area contributed by atoms with Gasteiger partial charge in [-0.3, -0.25) is 0 Å². The molecule has 33 heavy (non-hydrogen) atoms. The molecule has 0 atom stereocenters. The molecule has 2 aromatic heterocycles. The molecule has 0 unspecified atom stereocenters. The number of fused-ring (bicyclic) bond motifs is 3. The molecule has 0 spiro atoms. The second-order valence-electron chi connectivity index (χ2n) is 11.8. The molecule has 1 N–H and O–H groups in total. The van der Waals surface area contributed by atoms with E-state index >= 15 is 0 Å². The van der Waals surface area contributed by atoms with Crippen molar-refractivity contribution in [3.05, 3.63) is 47.8 Å². The van der Waals surface area contributed by atoms with E-state index in [1.165, 1.54) is 32.1 Å². The molecular weight excluding hydrogens is 412 g/mol. The Morgan fingerprint density at radius 2 is 1.73 bits per heavy atom. The van der Waals surface area contributed by atoms with Crippen LogP contribution in [-0.2, 0) is 10.8 Å². The molecule has 2 heterocycles. The first-order valence-corrected chi connectivity index (χ1v) is 12.5. The van der Waals surface area contributed by atoms with Gasteiger partial charge in [0, 0.05) is 40.6 Å². The van der Waals surface area contributed by atoms with Crippen LogP contribution < -0.4 is 5.32 Å². The number of hydrogen-bond donors (Lipinski definition) is 1. The normalized spacial score (nSPS) is 27.1. The Bertz CT molecular complexity index is 1130. The molecule has 3 aromatic rings. The van der Waals surface area contributed by atoms with E-state index in [1.54, 1.807) is 0 Å². The van der Waals surface area contributed by atoms with E-state index in [2.05, 4.69) is 66.7 Å². The Kier molecular flexibility index (Phi) is 4.72. The first kappa shape index (κ1) is 20.9. The average molecular weight is 447 g/mol. The molecule has 7 rings (SSSR count). The van der Waals surface area contributed by atoms with Gasteiger partial charge in [0.1, 0.15) is 11.5 Å². The third-order valence-electron chi connectivity index (χ3n) is 8.28. The SMILES string of the molecule is CC(C)(C)c1nc(C23CCC(CNc4cccc(-c5cc(C6CC6)on5)c4)(CC2)CC3)no1. The van der Waals surface area contributed by atoms with E-state index in [-0.39, 0.29) is 10.8 Å². The van der Waals surface area contributed by atoms with E-state index in [9.17, 15) is 0 Å². The van der Waals surface area contributed by atoms with Crippen LogP contribution in [-0.4, -0.2) is 21.8 Å². The summed E-state index contributed by atoms with van der Waals surface area (Å²) in [5.41, 5.74) is 3.59. The predicted octanol–water partition coefficient (Wildman–Crippen LogP) is 6.60. The molecule has 4 aliphatic carbocycles. The number of rotatable bonds is 6. The van der Waals surface area contributed by atoms with Crippen molar-refractivity contribution < 1.29 is 9.05 Å². The van der Waals surface area contributed by atoms with Crippen molar-refractivity contribution in [2.45, 2.75) is 88.9 Å². The molecule has 0 aliphatic heterocycles. The highest BCUT2D eigenvalue weighted by atomic mass is 16.5. The van der Waals surface area contributed by atoms with Crippen molar-refractivity contribution in [2.24, 2.45) is 5.41 Å². The summed E-state index contributed by atoms with van der Waals surface area (Å²) >= 11 is 0. The van der Waals surface area contributed by atoms with Gasteiger partial charge in [-0.05, 0) is 68.9 Å². The molecule has 0 saturated heterocycles. The van der Waals surface area contributed by atoms with Crippen LogP contribution in [0, 0.1) is 5.41 Å². The summed E-state index contributed by atoms with van der Waals surface area (Å²) in [6.07, 6.45) is 9.56. The molecule has 6 nitrogen and oxygen atoms in total. The van der Waals surface area contributed by atoms with Crippen molar-refractivity contribution in [1.29, 1.82) is 0 Å². The molecule has 0 radical (unpaired) electrons. The summed E-state index contributed by atoms with van der Waals surface area (Å²) in [4.78, 5) is 4.84. The van der Waals surface area contributed by atoms with E-state index < -0.39 is 0 Å². The van der Waals surface area contributed by atoms with Crippen LogP contribution in [0.5, 0.6) is 0 Å². The molecule has 4 fully saturated rings. The van der Waals surface area contributed by atoms with Crippen LogP contribution >= 0.6 is 0 Å². The van der Waals surface area contributed by atoms with E-state index in [1.807, 2.05) is 0 Å². The lowest BCUT2D eigenvalue weighted by molar-refractivity contribution is 0.0445. The lowest BCUT2D eigenvalue weighted by Gasteiger charge is -2.52. The minimum Gasteiger partial charge on any atom is -0.384 e. The topological polar surface area (TPSA) is 77.0 Å². The van der Waals surface area contributed by atoms with E-state index in [4.69, 9.17) is 14.0 Å². The van der Waals surface area contributed by atoms with Crippen molar-refractivity contribution in [3.63, 3.8) is 0 Å². The number of hydrogen-bond acceptors (Lipinski definition) is 6. The largest absolute Gasteiger partial charge is 0.384 e. The first-order chi connectivity index (χ1) is 15.8. The van der Waals surface area contributed by atoms with Gasteiger partial charge in [-0.25, -0.2) is 0 Å². The third-order valence-corrected chi connectivity index (χ3v) is 8.28. The predicted molar refractivity (Wildman–Crippen MR) is 127 cm³/mol. The van der Waals surface area contributed by atoms with Gasteiger partial charge >= 0.3 is 0 Å². The second-order valence-corrected chi connectivity index (χ2v) is 11.8. The lowest BCUT2D eigenvalue weighted by Crippen LogP contribution is -2.47. The lowest BCUT2D eigenvalue weighted by atomic mass is 9.53. The number of benzene rings is 1. The third kappa shape index (κ3) is 3.87. The first-order valence-electron chi connectivity index (χ1n) is 12.5. The molecule has 4 saturated carbocycles. The van der Waals surface area contributed by atoms with Crippen molar-refractivity contribution in [2.75, 3.05) is 11.9 Å².